The molecule has 0 atom stereocenters. The normalized spacial score (nSPS) is 10.1. The van der Waals surface area contributed by atoms with Gasteiger partial charge in [-0.1, -0.05) is 135 Å². The Kier molecular flexibility index (Phi) is 32.6. The molecule has 59 heavy (non-hydrogen) atoms. The van der Waals surface area contributed by atoms with Crippen molar-refractivity contribution in [3.05, 3.63) is 113 Å². The largest absolute Gasteiger partial charge is 2.00 e. The second kappa shape index (κ2) is 31.5. The number of nitrogens with zero attached hydrogens (tertiary/aromatic N) is 5. The van der Waals surface area contributed by atoms with Crippen LogP contribution in [0.2, 0.25) is 0 Å². The number of aromatic nitrogens is 2. The zero-order chi connectivity index (χ0) is 46.0. The number of benzene rings is 3. The van der Waals surface area contributed by atoms with Crippen molar-refractivity contribution < 1.29 is 58.9 Å². The Morgan fingerprint density at radius 2 is 0.831 bits per heavy atom. The molecule has 3 aromatic carbocycles. The number of hydrogen-bond donors (Lipinski definition) is 0. The van der Waals surface area contributed by atoms with Gasteiger partial charge in [0, 0.05) is 33.2 Å². The molecule has 0 amide bonds. The van der Waals surface area contributed by atoms with Crippen LogP contribution in [0.1, 0.15) is 153 Å². The summed E-state index contributed by atoms with van der Waals surface area (Å²) in [5, 5.41) is 22.0. The average Bonchev–Trinajstić information content (AvgIpc) is 3.57. The molecular formula is C43H59B2F8N5Os. The Morgan fingerprint density at radius 3 is 1.10 bits per heavy atom. The minimum Gasteiger partial charge on any atom is -0.418 e. The van der Waals surface area contributed by atoms with Crippen molar-refractivity contribution in [1.82, 2.24) is 4.57 Å². The van der Waals surface area contributed by atoms with Crippen LogP contribution in [-0.2, 0) is 19.8 Å². The van der Waals surface area contributed by atoms with E-state index in [-0.39, 0.29) is 19.8 Å². The molecule has 4 rings (SSSR count). The van der Waals surface area contributed by atoms with Crippen LogP contribution in [0.3, 0.4) is 0 Å². The van der Waals surface area contributed by atoms with Crippen LogP contribution < -0.4 is 4.57 Å². The van der Waals surface area contributed by atoms with E-state index in [4.69, 9.17) is 15.8 Å². The van der Waals surface area contributed by atoms with Crippen LogP contribution in [0, 0.1) is 47.2 Å². The summed E-state index contributed by atoms with van der Waals surface area (Å²) < 4.78 is 82.4. The molecule has 1 aromatic heterocycles. The van der Waals surface area contributed by atoms with E-state index in [0.29, 0.717) is 29.6 Å². The predicted octanol–water partition coefficient (Wildman–Crippen LogP) is 14.4. The predicted molar refractivity (Wildman–Crippen MR) is 222 cm³/mol. The first-order valence-corrected chi connectivity index (χ1v) is 18.7. The van der Waals surface area contributed by atoms with Gasteiger partial charge in [0.15, 0.2) is 0 Å². The number of nitriles is 3. The maximum atomic E-state index is 9.75. The molecule has 0 saturated carbocycles. The van der Waals surface area contributed by atoms with Crippen molar-refractivity contribution in [2.24, 2.45) is 0 Å². The minimum absolute atomic E-state index is 0. The van der Waals surface area contributed by atoms with Gasteiger partial charge in [-0.05, 0) is 64.3 Å². The van der Waals surface area contributed by atoms with Gasteiger partial charge in [0.25, 0.3) is 6.33 Å². The Hall–Kier alpha value is -4.45. The van der Waals surface area contributed by atoms with E-state index in [2.05, 4.69) is 165 Å². The summed E-state index contributed by atoms with van der Waals surface area (Å²) in [4.78, 5) is 0. The van der Waals surface area contributed by atoms with E-state index in [9.17, 15) is 34.5 Å². The monoisotopic (exact) mass is 1010 g/mol. The third kappa shape index (κ3) is 28.6. The van der Waals surface area contributed by atoms with Gasteiger partial charge in [0.2, 0.25) is 0 Å². The van der Waals surface area contributed by atoms with Crippen LogP contribution in [-0.4, -0.2) is 19.1 Å². The third-order valence-corrected chi connectivity index (χ3v) is 7.49. The molecule has 0 bridgehead atoms. The van der Waals surface area contributed by atoms with Crippen LogP contribution >= 0.6 is 0 Å². The average molecular weight is 1010 g/mol. The summed E-state index contributed by atoms with van der Waals surface area (Å²) in [6.07, 6.45) is 7.98. The van der Waals surface area contributed by atoms with Crippen molar-refractivity contribution in [2.75, 3.05) is 0 Å². The van der Waals surface area contributed by atoms with Crippen molar-refractivity contribution >= 4 is 14.5 Å². The fourth-order valence-corrected chi connectivity index (χ4v) is 5.10. The standard InChI is InChI=1S/C27H36N2.C10H14.3C2H3N.2BF4.Os/c1-18(2)22-11-9-12-23(19(3)4)26(22)28-15-16-29(17-28)27-24(20(5)6)13-10-14-25(27)21(7)8;1-8(2)10-6-4-9(3)5-7-10;3*1-2-3;2*2-1(3,4)5;/h9-16,18-21H,1-8H3;4-8H,1-3H3;3*1H3;;;/q;;;;;2*-1;+2. The fourth-order valence-electron chi connectivity index (χ4n) is 5.10. The van der Waals surface area contributed by atoms with Crippen molar-refractivity contribution in [1.29, 1.82) is 15.8 Å². The van der Waals surface area contributed by atoms with Crippen LogP contribution in [0.5, 0.6) is 0 Å². The van der Waals surface area contributed by atoms with Crippen LogP contribution in [0.4, 0.5) is 34.5 Å². The van der Waals surface area contributed by atoms with Gasteiger partial charge < -0.3 is 34.5 Å². The third-order valence-electron chi connectivity index (χ3n) is 7.49. The van der Waals surface area contributed by atoms with E-state index < -0.39 is 14.5 Å². The molecule has 0 N–H and O–H groups in total. The first-order valence-electron chi connectivity index (χ1n) is 18.7. The summed E-state index contributed by atoms with van der Waals surface area (Å²) in [7, 11) is -12.0. The summed E-state index contributed by atoms with van der Waals surface area (Å²) in [5.74, 6) is 2.49. The Morgan fingerprint density at radius 1 is 0.542 bits per heavy atom. The molecular weight excluding hydrogens is 950 g/mol. The molecule has 4 aromatic rings. The molecule has 0 aliphatic heterocycles. The summed E-state index contributed by atoms with van der Waals surface area (Å²) >= 11 is 0. The van der Waals surface area contributed by atoms with Crippen LogP contribution in [0.25, 0.3) is 11.4 Å². The van der Waals surface area contributed by atoms with E-state index in [1.54, 1.807) is 18.2 Å². The number of halogens is 8. The van der Waals surface area contributed by atoms with Gasteiger partial charge in [0.1, 0.15) is 0 Å². The van der Waals surface area contributed by atoms with Crippen molar-refractivity contribution in [2.45, 2.75) is 127 Å². The first-order chi connectivity index (χ1) is 26.7. The van der Waals surface area contributed by atoms with Crippen molar-refractivity contribution in [3.8, 4) is 29.6 Å². The quantitative estimate of drug-likeness (QED) is 0.0801. The summed E-state index contributed by atoms with van der Waals surface area (Å²) in [6, 6.07) is 27.4. The molecule has 0 aliphatic rings. The Balaban J connectivity index is -0.000000410. The fraction of sp³-hybridized carbons (Fsp3) is 0.442. The Labute approximate surface area is 361 Å². The topological polar surface area (TPSA) is 80.2 Å². The van der Waals surface area contributed by atoms with E-state index in [0.717, 1.165) is 0 Å². The van der Waals surface area contributed by atoms with E-state index in [1.807, 2.05) is 0 Å². The van der Waals surface area contributed by atoms with Gasteiger partial charge >= 0.3 is 34.3 Å². The zero-order valence-electron chi connectivity index (χ0n) is 36.6. The molecule has 0 fully saturated rings. The van der Waals surface area contributed by atoms with Gasteiger partial charge in [0.05, 0.1) is 29.6 Å². The molecule has 326 valence electrons. The summed E-state index contributed by atoms with van der Waals surface area (Å²) in [5.41, 5.74) is 10.8. The number of aryl methyl sites for hydroxylation is 1. The molecule has 0 radical (unpaired) electrons. The second-order valence-electron chi connectivity index (χ2n) is 14.1. The number of imidazole rings is 1. The SMILES string of the molecule is CC#N.CC#N.CC#N.CC(C)c1cccc(C(C)C)c1-n1[c-][n+](-c2c(C(C)C)cccc2C(C)C)cc1.Cc1ccc(C(C)C)cc1.F[B-](F)(F)F.F[B-](F)(F)F.[Os+2]. The Bertz CT molecular complexity index is 1670. The maximum Gasteiger partial charge on any atom is 2.00 e. The van der Waals surface area contributed by atoms with Gasteiger partial charge in [-0.25, -0.2) is 0 Å². The van der Waals surface area contributed by atoms with Gasteiger partial charge in [-0.15, -0.1) is 0 Å². The molecule has 0 aliphatic carbocycles. The molecule has 1 heterocycles. The smallest absolute Gasteiger partial charge is 0.418 e. The van der Waals surface area contributed by atoms with Gasteiger partial charge in [-0.3, -0.25) is 9.13 Å². The first kappa shape index (κ1) is 61.2. The second-order valence-corrected chi connectivity index (χ2v) is 14.1. The minimum atomic E-state index is -6.00. The molecule has 0 spiro atoms. The number of para-hydroxylation sites is 2. The van der Waals surface area contributed by atoms with E-state index >= 15 is 0 Å². The molecule has 5 nitrogen and oxygen atoms in total. The molecule has 16 heteroatoms. The zero-order valence-corrected chi connectivity index (χ0v) is 39.1. The van der Waals surface area contributed by atoms with Gasteiger partial charge in [-0.2, -0.15) is 15.8 Å². The molecule has 0 saturated heterocycles. The van der Waals surface area contributed by atoms with Crippen molar-refractivity contribution in [3.63, 3.8) is 0 Å². The number of rotatable bonds is 7. The summed E-state index contributed by atoms with van der Waals surface area (Å²) in [6.45, 7) is 29.0. The van der Waals surface area contributed by atoms with Crippen LogP contribution in [0.15, 0.2) is 73.1 Å². The number of hydrogen-bond acceptors (Lipinski definition) is 3. The van der Waals surface area contributed by atoms with E-state index in [1.165, 1.54) is 65.5 Å². The maximum absolute atomic E-state index is 9.75. The molecule has 0 unspecified atom stereocenters.